The maximum Gasteiger partial charge on any atom is 0.0178 e. The lowest BCUT2D eigenvalue weighted by Gasteiger charge is -2.61. The third-order valence-electron chi connectivity index (χ3n) is 4.20. The molecule has 0 spiro atoms. The van der Waals surface area contributed by atoms with Crippen molar-refractivity contribution in [1.82, 2.24) is 4.90 Å². The second-order valence-corrected chi connectivity index (χ2v) is 7.29. The summed E-state index contributed by atoms with van der Waals surface area (Å²) in [6.45, 7) is 16.3. The summed E-state index contributed by atoms with van der Waals surface area (Å²) >= 11 is 0. The predicted octanol–water partition coefficient (Wildman–Crippen LogP) is 3.16. The lowest BCUT2D eigenvalue weighted by molar-refractivity contribution is -0.103. The Morgan fingerprint density at radius 1 is 1.12 bits per heavy atom. The number of piperidine rings is 1. The molecule has 0 aromatic rings. The van der Waals surface area contributed by atoms with Gasteiger partial charge in [0.25, 0.3) is 0 Å². The number of likely N-dealkylation sites (tertiary alicyclic amines) is 1. The van der Waals surface area contributed by atoms with Crippen LogP contribution in [-0.2, 0) is 0 Å². The van der Waals surface area contributed by atoms with E-state index in [2.05, 4.69) is 53.4 Å². The van der Waals surface area contributed by atoms with Gasteiger partial charge in [0.1, 0.15) is 0 Å². The molecule has 96 valence electrons. The Kier molecular flexibility index (Phi) is 3.49. The number of nitrogens with zero attached hydrogens (tertiary/aromatic N) is 1. The van der Waals surface area contributed by atoms with Gasteiger partial charge in [0.15, 0.2) is 0 Å². The molecule has 0 atom stereocenters. The van der Waals surface area contributed by atoms with Gasteiger partial charge in [-0.3, -0.25) is 4.90 Å². The lowest BCUT2D eigenvalue weighted by Crippen LogP contribution is -2.69. The molecule has 0 amide bonds. The average molecular weight is 226 g/mol. The van der Waals surface area contributed by atoms with Gasteiger partial charge < -0.3 is 5.73 Å². The van der Waals surface area contributed by atoms with Gasteiger partial charge in [-0.2, -0.15) is 0 Å². The van der Waals surface area contributed by atoms with Gasteiger partial charge in [0.05, 0.1) is 0 Å². The molecule has 2 nitrogen and oxygen atoms in total. The van der Waals surface area contributed by atoms with Crippen LogP contribution in [0.3, 0.4) is 0 Å². The Labute approximate surface area is 102 Å². The molecule has 0 radical (unpaired) electrons. The fourth-order valence-electron chi connectivity index (χ4n) is 4.15. The van der Waals surface area contributed by atoms with Crippen molar-refractivity contribution in [3.8, 4) is 0 Å². The highest BCUT2D eigenvalue weighted by molar-refractivity contribution is 5.06. The summed E-state index contributed by atoms with van der Waals surface area (Å²) in [6, 6.07) is 0.342. The Morgan fingerprint density at radius 2 is 1.50 bits per heavy atom. The molecule has 0 saturated carbocycles. The van der Waals surface area contributed by atoms with Crippen molar-refractivity contribution in [1.29, 1.82) is 0 Å². The first kappa shape index (κ1) is 14.0. The molecule has 0 aromatic carbocycles. The van der Waals surface area contributed by atoms with Crippen molar-refractivity contribution in [3.05, 3.63) is 0 Å². The zero-order valence-corrected chi connectivity index (χ0v) is 12.2. The van der Waals surface area contributed by atoms with Gasteiger partial charge >= 0.3 is 0 Å². The molecule has 1 fully saturated rings. The van der Waals surface area contributed by atoms with E-state index in [1.807, 2.05) is 0 Å². The van der Waals surface area contributed by atoms with E-state index in [-0.39, 0.29) is 16.6 Å². The summed E-state index contributed by atoms with van der Waals surface area (Å²) in [4.78, 5) is 2.69. The van der Waals surface area contributed by atoms with Crippen molar-refractivity contribution in [2.75, 3.05) is 0 Å². The highest BCUT2D eigenvalue weighted by Gasteiger charge is 2.49. The van der Waals surface area contributed by atoms with E-state index in [1.54, 1.807) is 0 Å². The normalized spacial score (nSPS) is 27.0. The van der Waals surface area contributed by atoms with Gasteiger partial charge in [-0.05, 0) is 60.8 Å². The van der Waals surface area contributed by atoms with Crippen LogP contribution in [0.2, 0.25) is 0 Å². The van der Waals surface area contributed by atoms with Crippen LogP contribution < -0.4 is 5.73 Å². The number of nitrogens with two attached hydrogens (primary N) is 1. The summed E-state index contributed by atoms with van der Waals surface area (Å²) in [5.41, 5.74) is 6.84. The highest BCUT2D eigenvalue weighted by Crippen LogP contribution is 2.43. The maximum atomic E-state index is 6.21. The highest BCUT2D eigenvalue weighted by atomic mass is 15.3. The fraction of sp³-hybridized carbons (Fsp3) is 1.00. The minimum absolute atomic E-state index is 0.195. The van der Waals surface area contributed by atoms with Crippen molar-refractivity contribution in [2.24, 2.45) is 5.73 Å². The SMILES string of the molecule is CCC(C)(C)N1C(C)(C)CC(N)CC1(C)C. The van der Waals surface area contributed by atoms with E-state index in [4.69, 9.17) is 5.73 Å². The van der Waals surface area contributed by atoms with Crippen LogP contribution in [-0.4, -0.2) is 27.6 Å². The third kappa shape index (κ3) is 2.43. The lowest BCUT2D eigenvalue weighted by atomic mass is 9.73. The molecule has 2 heteroatoms. The molecule has 0 aliphatic carbocycles. The first-order valence-electron chi connectivity index (χ1n) is 6.59. The van der Waals surface area contributed by atoms with Gasteiger partial charge in [-0.1, -0.05) is 6.92 Å². The summed E-state index contributed by atoms with van der Waals surface area (Å²) in [6.07, 6.45) is 3.37. The van der Waals surface area contributed by atoms with Gasteiger partial charge in [0.2, 0.25) is 0 Å². The van der Waals surface area contributed by atoms with Crippen molar-refractivity contribution in [3.63, 3.8) is 0 Å². The van der Waals surface area contributed by atoms with Crippen molar-refractivity contribution >= 4 is 0 Å². The first-order valence-corrected chi connectivity index (χ1v) is 6.59. The molecular formula is C14H30N2. The number of hydrogen-bond donors (Lipinski definition) is 1. The average Bonchev–Trinajstić information content (AvgIpc) is 1.96. The van der Waals surface area contributed by atoms with E-state index in [0.29, 0.717) is 6.04 Å². The Morgan fingerprint density at radius 3 is 1.81 bits per heavy atom. The number of rotatable bonds is 2. The van der Waals surface area contributed by atoms with Crippen LogP contribution in [0.4, 0.5) is 0 Å². The van der Waals surface area contributed by atoms with E-state index in [1.165, 1.54) is 6.42 Å². The molecule has 16 heavy (non-hydrogen) atoms. The summed E-state index contributed by atoms with van der Waals surface area (Å²) < 4.78 is 0. The zero-order chi connectivity index (χ0) is 12.8. The van der Waals surface area contributed by atoms with Gasteiger partial charge in [-0.25, -0.2) is 0 Å². The Hall–Kier alpha value is -0.0800. The van der Waals surface area contributed by atoms with Crippen LogP contribution in [0.1, 0.15) is 67.7 Å². The predicted molar refractivity (Wildman–Crippen MR) is 71.6 cm³/mol. The molecule has 0 aromatic heterocycles. The molecule has 1 aliphatic rings. The van der Waals surface area contributed by atoms with Crippen LogP contribution in [0, 0.1) is 0 Å². The second kappa shape index (κ2) is 3.99. The van der Waals surface area contributed by atoms with Crippen molar-refractivity contribution < 1.29 is 0 Å². The van der Waals surface area contributed by atoms with Gasteiger partial charge in [-0.15, -0.1) is 0 Å². The second-order valence-electron chi connectivity index (χ2n) is 7.29. The molecule has 2 N–H and O–H groups in total. The van der Waals surface area contributed by atoms with Crippen LogP contribution in [0.25, 0.3) is 0 Å². The molecule has 1 saturated heterocycles. The zero-order valence-electron chi connectivity index (χ0n) is 12.2. The molecule has 1 rings (SSSR count). The van der Waals surface area contributed by atoms with Crippen molar-refractivity contribution in [2.45, 2.75) is 90.4 Å². The van der Waals surface area contributed by atoms with E-state index in [9.17, 15) is 0 Å². The fourth-order valence-corrected chi connectivity index (χ4v) is 4.15. The summed E-state index contributed by atoms with van der Waals surface area (Å²) in [7, 11) is 0. The Balaban J connectivity index is 3.11. The van der Waals surface area contributed by atoms with E-state index >= 15 is 0 Å². The van der Waals surface area contributed by atoms with Crippen LogP contribution >= 0.6 is 0 Å². The molecule has 1 heterocycles. The smallest absolute Gasteiger partial charge is 0.0178 e. The monoisotopic (exact) mass is 226 g/mol. The topological polar surface area (TPSA) is 29.3 Å². The molecule has 0 unspecified atom stereocenters. The minimum atomic E-state index is 0.195. The quantitative estimate of drug-likeness (QED) is 0.783. The largest absolute Gasteiger partial charge is 0.328 e. The molecule has 1 aliphatic heterocycles. The minimum Gasteiger partial charge on any atom is -0.328 e. The Bertz CT molecular complexity index is 235. The van der Waals surface area contributed by atoms with Crippen LogP contribution in [0.5, 0.6) is 0 Å². The van der Waals surface area contributed by atoms with E-state index in [0.717, 1.165) is 12.8 Å². The molecular weight excluding hydrogens is 196 g/mol. The summed E-state index contributed by atoms with van der Waals surface area (Å²) in [5, 5.41) is 0. The number of hydrogen-bond acceptors (Lipinski definition) is 2. The van der Waals surface area contributed by atoms with Crippen LogP contribution in [0.15, 0.2) is 0 Å². The maximum absolute atomic E-state index is 6.21. The summed E-state index contributed by atoms with van der Waals surface area (Å²) in [5.74, 6) is 0. The van der Waals surface area contributed by atoms with E-state index < -0.39 is 0 Å². The first-order chi connectivity index (χ1) is 7.03. The third-order valence-corrected chi connectivity index (χ3v) is 4.20. The van der Waals surface area contributed by atoms with Gasteiger partial charge in [0, 0.05) is 22.7 Å². The molecule has 0 bridgehead atoms. The standard InChI is InChI=1S/C14H30N2/c1-8-12(2,3)16-13(4,5)9-11(15)10-14(16,6)7/h11H,8-10,15H2,1-7H3.